The molecule has 1 aliphatic rings. The van der Waals surface area contributed by atoms with Crippen LogP contribution in [0.25, 0.3) is 0 Å². The van der Waals surface area contributed by atoms with Crippen molar-refractivity contribution in [3.05, 3.63) is 53.6 Å². The lowest BCUT2D eigenvalue weighted by Crippen LogP contribution is -2.42. The first-order valence-corrected chi connectivity index (χ1v) is 11.4. The maximum absolute atomic E-state index is 12.7. The fraction of sp³-hybridized carbons (Fsp3) is 0.476. The fourth-order valence-corrected chi connectivity index (χ4v) is 4.27. The molecule has 1 unspecified atom stereocenters. The maximum Gasteiger partial charge on any atom is 0.229 e. The Morgan fingerprint density at radius 2 is 1.92 bits per heavy atom. The molecule has 0 aromatic heterocycles. The van der Waals surface area contributed by atoms with Gasteiger partial charge in [-0.15, -0.1) is 11.8 Å². The van der Waals surface area contributed by atoms with Crippen LogP contribution in [0.15, 0.2) is 58.5 Å². The van der Waals surface area contributed by atoms with Gasteiger partial charge in [0.05, 0.1) is 19.1 Å². The molecule has 2 rings (SSSR count). The number of carbonyl (C=O) groups is 1. The number of nitrogens with zero attached hydrogens (tertiary/aromatic N) is 1. The summed E-state index contributed by atoms with van der Waals surface area (Å²) < 4.78 is 5.35. The second-order valence-corrected chi connectivity index (χ2v) is 8.41. The van der Waals surface area contributed by atoms with Crippen molar-refractivity contribution in [1.82, 2.24) is 4.90 Å². The summed E-state index contributed by atoms with van der Waals surface area (Å²) >= 11 is 3.64. The molecule has 0 bridgehead atoms. The number of ether oxygens (including phenoxy) is 1. The zero-order chi connectivity index (χ0) is 18.8. The molecule has 1 heterocycles. The summed E-state index contributed by atoms with van der Waals surface area (Å²) in [5, 5.41) is 0. The van der Waals surface area contributed by atoms with Crippen LogP contribution < -0.4 is 0 Å². The van der Waals surface area contributed by atoms with Gasteiger partial charge < -0.3 is 9.64 Å². The third-order valence-electron chi connectivity index (χ3n) is 4.13. The van der Waals surface area contributed by atoms with Crippen LogP contribution in [0.5, 0.6) is 0 Å². The summed E-state index contributed by atoms with van der Waals surface area (Å²) in [4.78, 5) is 15.9. The van der Waals surface area contributed by atoms with Crippen molar-refractivity contribution in [3.8, 4) is 0 Å². The molecule has 0 aliphatic carbocycles. The molecule has 3 nitrogen and oxygen atoms in total. The zero-order valence-electron chi connectivity index (χ0n) is 15.9. The highest BCUT2D eigenvalue weighted by atomic mass is 32.2. The highest BCUT2D eigenvalue weighted by molar-refractivity contribution is 7.99. The number of rotatable bonds is 8. The average molecular weight is 392 g/mol. The molecule has 0 N–H and O–H groups in total. The van der Waals surface area contributed by atoms with Gasteiger partial charge in [0.1, 0.15) is 0 Å². The highest BCUT2D eigenvalue weighted by Gasteiger charge is 2.21. The van der Waals surface area contributed by atoms with E-state index in [4.69, 9.17) is 4.74 Å². The number of benzene rings is 1. The Hall–Kier alpha value is -1.17. The van der Waals surface area contributed by atoms with Gasteiger partial charge >= 0.3 is 0 Å². The molecule has 26 heavy (non-hydrogen) atoms. The van der Waals surface area contributed by atoms with Crippen LogP contribution >= 0.6 is 23.5 Å². The number of hydrogen-bond acceptors (Lipinski definition) is 4. The maximum atomic E-state index is 12.7. The molecular formula is C21H29NO2S2. The first-order chi connectivity index (χ1) is 12.6. The molecule has 1 saturated heterocycles. The molecular weight excluding hydrogens is 362 g/mol. The van der Waals surface area contributed by atoms with Crippen LogP contribution in [0.3, 0.4) is 0 Å². The third-order valence-corrected chi connectivity index (χ3v) is 5.96. The Balaban J connectivity index is 2.08. The number of hydrogen-bond donors (Lipinski definition) is 0. The molecule has 1 fully saturated rings. The van der Waals surface area contributed by atoms with E-state index in [9.17, 15) is 4.79 Å². The predicted molar refractivity (Wildman–Crippen MR) is 114 cm³/mol. The summed E-state index contributed by atoms with van der Waals surface area (Å²) in [6.45, 7) is 6.85. The van der Waals surface area contributed by atoms with Gasteiger partial charge in [0, 0.05) is 29.5 Å². The normalized spacial score (nSPS) is 17.3. The molecule has 1 atom stereocenters. The van der Waals surface area contributed by atoms with Crippen LogP contribution in [0, 0.1) is 5.92 Å². The largest absolute Gasteiger partial charge is 0.378 e. The van der Waals surface area contributed by atoms with E-state index in [2.05, 4.69) is 49.6 Å². The number of allylic oxidation sites excluding steroid dienone is 1. The highest BCUT2D eigenvalue weighted by Crippen LogP contribution is 2.23. The lowest BCUT2D eigenvalue weighted by atomic mass is 10.0. The van der Waals surface area contributed by atoms with Crippen molar-refractivity contribution in [3.63, 3.8) is 0 Å². The monoisotopic (exact) mass is 391 g/mol. The van der Waals surface area contributed by atoms with E-state index in [1.165, 1.54) is 16.0 Å². The minimum Gasteiger partial charge on any atom is -0.378 e. The summed E-state index contributed by atoms with van der Waals surface area (Å²) in [5.41, 5.74) is 2.56. The van der Waals surface area contributed by atoms with E-state index >= 15 is 0 Å². The van der Waals surface area contributed by atoms with E-state index in [0.717, 1.165) is 11.5 Å². The predicted octanol–water partition coefficient (Wildman–Crippen LogP) is 4.51. The van der Waals surface area contributed by atoms with Crippen molar-refractivity contribution in [2.45, 2.75) is 18.7 Å². The Morgan fingerprint density at radius 1 is 1.23 bits per heavy atom. The first kappa shape index (κ1) is 21.1. The molecule has 1 aliphatic heterocycles. The third kappa shape index (κ3) is 7.22. The van der Waals surface area contributed by atoms with Crippen LogP contribution in [-0.2, 0) is 9.53 Å². The van der Waals surface area contributed by atoms with Gasteiger partial charge in [0.2, 0.25) is 5.91 Å². The van der Waals surface area contributed by atoms with E-state index in [1.54, 1.807) is 0 Å². The zero-order valence-corrected chi connectivity index (χ0v) is 17.6. The van der Waals surface area contributed by atoms with E-state index in [-0.39, 0.29) is 11.8 Å². The second kappa shape index (κ2) is 11.5. The smallest absolute Gasteiger partial charge is 0.229 e. The standard InChI is InChI=1S/C21H29NO2S2/c1-17(15-25-3)13-19(16-26-20-7-5-4-6-8-20)14-18(2)21(23)22-9-11-24-12-10-22/h4-8,13-14,18H,9-12,15-16H2,1-3H3/b17-13+,19-14+. The van der Waals surface area contributed by atoms with Gasteiger partial charge in [0.15, 0.2) is 0 Å². The first-order valence-electron chi connectivity index (χ1n) is 9.01. The van der Waals surface area contributed by atoms with Crippen molar-refractivity contribution >= 4 is 29.4 Å². The van der Waals surface area contributed by atoms with E-state index in [0.29, 0.717) is 26.3 Å². The van der Waals surface area contributed by atoms with Crippen molar-refractivity contribution in [2.24, 2.45) is 5.92 Å². The van der Waals surface area contributed by atoms with Crippen molar-refractivity contribution in [1.29, 1.82) is 0 Å². The molecule has 5 heteroatoms. The molecule has 1 aromatic carbocycles. The summed E-state index contributed by atoms with van der Waals surface area (Å²) in [7, 11) is 0. The quantitative estimate of drug-likeness (QED) is 0.482. The number of thioether (sulfide) groups is 2. The van der Waals surface area contributed by atoms with Gasteiger partial charge in [-0.3, -0.25) is 4.79 Å². The summed E-state index contributed by atoms with van der Waals surface area (Å²) in [6.07, 6.45) is 6.50. The number of carbonyl (C=O) groups excluding carboxylic acids is 1. The fourth-order valence-electron chi connectivity index (χ4n) is 2.87. The SMILES string of the molecule is CSC/C(C)=C/C(=C\C(C)C(=O)N1CCOCC1)CSc1ccccc1. The lowest BCUT2D eigenvalue weighted by Gasteiger charge is -2.28. The Labute approximate surface area is 166 Å². The van der Waals surface area contributed by atoms with Crippen LogP contribution in [0.4, 0.5) is 0 Å². The van der Waals surface area contributed by atoms with Gasteiger partial charge in [-0.1, -0.05) is 42.8 Å². The summed E-state index contributed by atoms with van der Waals surface area (Å²) in [6, 6.07) is 10.4. The van der Waals surface area contributed by atoms with Gasteiger partial charge in [-0.25, -0.2) is 0 Å². The van der Waals surface area contributed by atoms with Crippen molar-refractivity contribution in [2.75, 3.05) is 44.1 Å². The Bertz CT molecular complexity index is 622. The Kier molecular flexibility index (Phi) is 9.37. The topological polar surface area (TPSA) is 29.5 Å². The lowest BCUT2D eigenvalue weighted by molar-refractivity contribution is -0.137. The van der Waals surface area contributed by atoms with Gasteiger partial charge in [-0.05, 0) is 30.9 Å². The molecule has 0 saturated carbocycles. The molecule has 0 radical (unpaired) electrons. The molecule has 1 amide bonds. The van der Waals surface area contributed by atoms with Gasteiger partial charge in [0.25, 0.3) is 0 Å². The van der Waals surface area contributed by atoms with E-state index in [1.807, 2.05) is 41.4 Å². The Morgan fingerprint density at radius 3 is 2.58 bits per heavy atom. The second-order valence-electron chi connectivity index (χ2n) is 6.49. The van der Waals surface area contributed by atoms with Gasteiger partial charge in [-0.2, -0.15) is 11.8 Å². The molecule has 1 aromatic rings. The number of amides is 1. The average Bonchev–Trinajstić information content (AvgIpc) is 2.67. The number of morpholine rings is 1. The van der Waals surface area contributed by atoms with E-state index < -0.39 is 0 Å². The summed E-state index contributed by atoms with van der Waals surface area (Å²) in [5.74, 6) is 1.97. The minimum absolute atomic E-state index is 0.113. The van der Waals surface area contributed by atoms with Crippen molar-refractivity contribution < 1.29 is 9.53 Å². The molecule has 0 spiro atoms. The van der Waals surface area contributed by atoms with Crippen LogP contribution in [-0.4, -0.2) is 54.9 Å². The molecule has 142 valence electrons. The minimum atomic E-state index is -0.113. The van der Waals surface area contributed by atoms with Crippen LogP contribution in [0.1, 0.15) is 13.8 Å². The van der Waals surface area contributed by atoms with Crippen LogP contribution in [0.2, 0.25) is 0 Å².